The Labute approximate surface area is 113 Å². The maximum Gasteiger partial charge on any atom is 0.0810 e. The summed E-state index contributed by atoms with van der Waals surface area (Å²) < 4.78 is 6.63. The van der Waals surface area contributed by atoms with Crippen LogP contribution < -0.4 is 5.32 Å². The van der Waals surface area contributed by atoms with E-state index in [1.165, 1.54) is 64.2 Å². The summed E-state index contributed by atoms with van der Waals surface area (Å²) in [4.78, 5) is 0. The monoisotopic (exact) mass is 253 g/mol. The Morgan fingerprint density at radius 1 is 1.00 bits per heavy atom. The van der Waals surface area contributed by atoms with Crippen LogP contribution in [0.2, 0.25) is 0 Å². The Kier molecular flexibility index (Phi) is 5.50. The lowest BCUT2D eigenvalue weighted by atomic mass is 9.79. The predicted molar refractivity (Wildman–Crippen MR) is 76.9 cm³/mol. The van der Waals surface area contributed by atoms with Gasteiger partial charge in [-0.1, -0.05) is 32.6 Å². The molecule has 0 spiro atoms. The molecule has 0 amide bonds. The van der Waals surface area contributed by atoms with Gasteiger partial charge in [0.2, 0.25) is 0 Å². The first kappa shape index (κ1) is 14.3. The van der Waals surface area contributed by atoms with Gasteiger partial charge < -0.3 is 10.1 Å². The number of nitrogens with one attached hydrogen (secondary N) is 1. The van der Waals surface area contributed by atoms with Gasteiger partial charge in [0.1, 0.15) is 0 Å². The summed E-state index contributed by atoms with van der Waals surface area (Å²) in [5, 5.41) is 3.37. The number of rotatable bonds is 4. The normalized spacial score (nSPS) is 35.3. The molecule has 0 unspecified atom stereocenters. The van der Waals surface area contributed by atoms with Crippen LogP contribution in [-0.4, -0.2) is 25.3 Å². The molecular formula is C16H31NO. The third kappa shape index (κ3) is 3.96. The van der Waals surface area contributed by atoms with Crippen molar-refractivity contribution in [2.75, 3.05) is 13.6 Å². The summed E-state index contributed by atoms with van der Waals surface area (Å²) in [7, 11) is 2.07. The Bertz CT molecular complexity index is 225. The largest absolute Gasteiger partial charge is 0.370 e. The molecule has 0 heterocycles. The van der Waals surface area contributed by atoms with E-state index in [1.54, 1.807) is 0 Å². The molecule has 2 fully saturated rings. The predicted octanol–water partition coefficient (Wildman–Crippen LogP) is 3.89. The molecule has 0 saturated heterocycles. The molecule has 0 bridgehead atoms. The number of hydrogen-bond acceptors (Lipinski definition) is 2. The van der Waals surface area contributed by atoms with Gasteiger partial charge in [0.05, 0.1) is 11.7 Å². The zero-order valence-electron chi connectivity index (χ0n) is 12.3. The van der Waals surface area contributed by atoms with Crippen molar-refractivity contribution in [3.8, 4) is 0 Å². The molecule has 2 heteroatoms. The molecule has 2 aliphatic rings. The zero-order valence-corrected chi connectivity index (χ0v) is 12.3. The Balaban J connectivity index is 1.92. The topological polar surface area (TPSA) is 21.3 Å². The summed E-state index contributed by atoms with van der Waals surface area (Å²) in [6, 6.07) is 0. The van der Waals surface area contributed by atoms with Gasteiger partial charge in [0.15, 0.2) is 0 Å². The Morgan fingerprint density at radius 2 is 1.61 bits per heavy atom. The van der Waals surface area contributed by atoms with Gasteiger partial charge in [-0.2, -0.15) is 0 Å². The standard InChI is InChI=1S/C16H31NO/c1-14-9-11-16(12-10-14,13-17-2)18-15-7-5-3-4-6-8-15/h14-15,17H,3-13H2,1-2H3. The van der Waals surface area contributed by atoms with Crippen LogP contribution in [-0.2, 0) is 4.74 Å². The minimum Gasteiger partial charge on any atom is -0.370 e. The smallest absolute Gasteiger partial charge is 0.0810 e. The van der Waals surface area contributed by atoms with Gasteiger partial charge in [-0.15, -0.1) is 0 Å². The van der Waals surface area contributed by atoms with Crippen LogP contribution in [0.4, 0.5) is 0 Å². The van der Waals surface area contributed by atoms with Crippen molar-refractivity contribution in [3.05, 3.63) is 0 Å². The van der Waals surface area contributed by atoms with Crippen molar-refractivity contribution in [3.63, 3.8) is 0 Å². The fourth-order valence-electron chi connectivity index (χ4n) is 3.66. The highest BCUT2D eigenvalue weighted by molar-refractivity contribution is 4.89. The number of likely N-dealkylation sites (N-methyl/N-ethyl adjacent to an activating group) is 1. The van der Waals surface area contributed by atoms with E-state index < -0.39 is 0 Å². The minimum absolute atomic E-state index is 0.149. The SMILES string of the molecule is CNCC1(OC2CCCCCC2)CCC(C)CC1. The Hall–Kier alpha value is -0.0800. The summed E-state index contributed by atoms with van der Waals surface area (Å²) in [5.41, 5.74) is 0.149. The first-order chi connectivity index (χ1) is 8.74. The number of ether oxygens (including phenoxy) is 1. The van der Waals surface area contributed by atoms with Crippen LogP contribution in [0.1, 0.15) is 71.1 Å². The lowest BCUT2D eigenvalue weighted by Crippen LogP contribution is -2.47. The summed E-state index contributed by atoms with van der Waals surface area (Å²) in [6.07, 6.45) is 13.9. The maximum absolute atomic E-state index is 6.63. The van der Waals surface area contributed by atoms with Crippen molar-refractivity contribution in [1.29, 1.82) is 0 Å². The second-order valence-corrected chi connectivity index (χ2v) is 6.63. The molecule has 1 N–H and O–H groups in total. The summed E-state index contributed by atoms with van der Waals surface area (Å²) in [5.74, 6) is 0.896. The van der Waals surface area contributed by atoms with E-state index in [-0.39, 0.29) is 5.60 Å². The fraction of sp³-hybridized carbons (Fsp3) is 1.00. The third-order valence-corrected chi connectivity index (χ3v) is 4.90. The van der Waals surface area contributed by atoms with Crippen molar-refractivity contribution in [2.45, 2.75) is 82.8 Å². The van der Waals surface area contributed by atoms with Gasteiger partial charge in [0.25, 0.3) is 0 Å². The summed E-state index contributed by atoms with van der Waals surface area (Å²) in [6.45, 7) is 3.42. The van der Waals surface area contributed by atoms with Gasteiger partial charge in [-0.05, 0) is 51.5 Å². The molecule has 0 aromatic heterocycles. The lowest BCUT2D eigenvalue weighted by Gasteiger charge is -2.42. The van der Waals surface area contributed by atoms with E-state index in [1.807, 2.05) is 0 Å². The van der Waals surface area contributed by atoms with E-state index in [0.29, 0.717) is 6.10 Å². The molecule has 2 rings (SSSR count). The first-order valence-electron chi connectivity index (χ1n) is 8.06. The van der Waals surface area contributed by atoms with Gasteiger partial charge in [0, 0.05) is 6.54 Å². The Morgan fingerprint density at radius 3 is 2.17 bits per heavy atom. The molecule has 18 heavy (non-hydrogen) atoms. The molecule has 2 saturated carbocycles. The molecule has 0 aromatic carbocycles. The van der Waals surface area contributed by atoms with Crippen LogP contribution in [0, 0.1) is 5.92 Å². The molecular weight excluding hydrogens is 222 g/mol. The van der Waals surface area contributed by atoms with Crippen LogP contribution >= 0.6 is 0 Å². The van der Waals surface area contributed by atoms with Crippen LogP contribution in [0.15, 0.2) is 0 Å². The lowest BCUT2D eigenvalue weighted by molar-refractivity contribution is -0.120. The van der Waals surface area contributed by atoms with Gasteiger partial charge >= 0.3 is 0 Å². The van der Waals surface area contributed by atoms with Crippen LogP contribution in [0.3, 0.4) is 0 Å². The molecule has 2 nitrogen and oxygen atoms in total. The van der Waals surface area contributed by atoms with Crippen molar-refractivity contribution in [1.82, 2.24) is 5.32 Å². The average molecular weight is 253 g/mol. The van der Waals surface area contributed by atoms with Crippen molar-refractivity contribution < 1.29 is 4.74 Å². The zero-order chi connectivity index (χ0) is 12.8. The molecule has 106 valence electrons. The average Bonchev–Trinajstić information content (AvgIpc) is 2.62. The van der Waals surface area contributed by atoms with E-state index in [2.05, 4.69) is 19.3 Å². The van der Waals surface area contributed by atoms with Crippen LogP contribution in [0.5, 0.6) is 0 Å². The third-order valence-electron chi connectivity index (χ3n) is 4.90. The van der Waals surface area contributed by atoms with Crippen LogP contribution in [0.25, 0.3) is 0 Å². The van der Waals surface area contributed by atoms with Gasteiger partial charge in [-0.3, -0.25) is 0 Å². The maximum atomic E-state index is 6.63. The quantitative estimate of drug-likeness (QED) is 0.767. The second-order valence-electron chi connectivity index (χ2n) is 6.63. The van der Waals surface area contributed by atoms with Crippen molar-refractivity contribution in [2.24, 2.45) is 5.92 Å². The highest BCUT2D eigenvalue weighted by Crippen LogP contribution is 2.37. The molecule has 0 radical (unpaired) electrons. The number of hydrogen-bond donors (Lipinski definition) is 1. The fourth-order valence-corrected chi connectivity index (χ4v) is 3.66. The highest BCUT2D eigenvalue weighted by atomic mass is 16.5. The van der Waals surface area contributed by atoms with E-state index in [4.69, 9.17) is 4.74 Å². The van der Waals surface area contributed by atoms with E-state index in [9.17, 15) is 0 Å². The first-order valence-corrected chi connectivity index (χ1v) is 8.06. The molecule has 2 aliphatic carbocycles. The van der Waals surface area contributed by atoms with E-state index >= 15 is 0 Å². The molecule has 0 atom stereocenters. The molecule has 0 aliphatic heterocycles. The highest BCUT2D eigenvalue weighted by Gasteiger charge is 2.36. The second kappa shape index (κ2) is 6.91. The van der Waals surface area contributed by atoms with Gasteiger partial charge in [-0.25, -0.2) is 0 Å². The summed E-state index contributed by atoms with van der Waals surface area (Å²) >= 11 is 0. The minimum atomic E-state index is 0.149. The van der Waals surface area contributed by atoms with E-state index in [0.717, 1.165) is 12.5 Å². The van der Waals surface area contributed by atoms with Crippen molar-refractivity contribution >= 4 is 0 Å². The molecule has 0 aromatic rings.